The number of carbonyl (C=O) groups excluding carboxylic acids is 1. The Balaban J connectivity index is 1.73. The quantitative estimate of drug-likeness (QED) is 0.265. The first-order valence-electron chi connectivity index (χ1n) is 11.2. The normalized spacial score (nSPS) is 11.6. The molecule has 4 aromatic rings. The lowest BCUT2D eigenvalue weighted by atomic mass is 10.1. The molecule has 0 aromatic heterocycles. The highest BCUT2D eigenvalue weighted by Crippen LogP contribution is 2.29. The van der Waals surface area contributed by atoms with Gasteiger partial charge in [-0.05, 0) is 48.9 Å². The number of hydrogen-bond acceptors (Lipinski definition) is 5. The van der Waals surface area contributed by atoms with Crippen LogP contribution in [0.3, 0.4) is 0 Å². The number of para-hydroxylation sites is 2. The first-order valence-corrected chi connectivity index (χ1v) is 12.7. The molecule has 2 N–H and O–H groups in total. The van der Waals surface area contributed by atoms with Gasteiger partial charge in [0.1, 0.15) is 5.75 Å². The van der Waals surface area contributed by atoms with Gasteiger partial charge in [-0.25, -0.2) is 13.8 Å². The van der Waals surface area contributed by atoms with Crippen molar-refractivity contribution in [2.45, 2.75) is 18.4 Å². The van der Waals surface area contributed by atoms with Crippen molar-refractivity contribution in [3.05, 3.63) is 126 Å². The molecule has 0 radical (unpaired) electrons. The van der Waals surface area contributed by atoms with Crippen molar-refractivity contribution in [1.29, 1.82) is 0 Å². The summed E-state index contributed by atoms with van der Waals surface area (Å²) < 4.78 is 28.7. The van der Waals surface area contributed by atoms with E-state index in [4.69, 9.17) is 0 Å². The van der Waals surface area contributed by atoms with Crippen LogP contribution in [0.4, 0.5) is 5.69 Å². The van der Waals surface area contributed by atoms with E-state index in [1.807, 2.05) is 30.3 Å². The van der Waals surface area contributed by atoms with Crippen molar-refractivity contribution in [3.8, 4) is 5.75 Å². The van der Waals surface area contributed by atoms with Gasteiger partial charge in [-0.1, -0.05) is 72.8 Å². The minimum absolute atomic E-state index is 0.0303. The SMILES string of the molecule is C/C(=N\NC(=O)c1ccccc1N(Cc1ccccc1)S(=O)(=O)c1ccccc1)c1ccccc1O. The second-order valence-electron chi connectivity index (χ2n) is 7.98. The number of phenolic OH excluding ortho intramolecular Hbond substituents is 1. The van der Waals surface area contributed by atoms with E-state index in [9.17, 15) is 18.3 Å². The number of hydrazone groups is 1. The Morgan fingerprint density at radius 1 is 0.806 bits per heavy atom. The van der Waals surface area contributed by atoms with Crippen molar-refractivity contribution in [2.75, 3.05) is 4.31 Å². The topological polar surface area (TPSA) is 99.1 Å². The van der Waals surface area contributed by atoms with Crippen LogP contribution < -0.4 is 9.73 Å². The van der Waals surface area contributed by atoms with E-state index in [1.54, 1.807) is 67.6 Å². The monoisotopic (exact) mass is 499 g/mol. The molecule has 0 unspecified atom stereocenters. The number of hydrogen-bond donors (Lipinski definition) is 2. The molecule has 0 heterocycles. The zero-order valence-electron chi connectivity index (χ0n) is 19.6. The standard InChI is InChI=1S/C28H25N3O4S/c1-21(24-16-9-11-19-27(24)32)29-30-28(33)25-17-8-10-18-26(25)31(20-22-12-4-2-5-13-22)36(34,35)23-14-6-3-7-15-23/h2-19,32H,20H2,1H3,(H,30,33)/b29-21+. The third-order valence-corrected chi connectivity index (χ3v) is 7.31. The molecule has 4 aromatic carbocycles. The Hall–Kier alpha value is -4.43. The molecule has 0 aliphatic heterocycles. The number of sulfonamides is 1. The van der Waals surface area contributed by atoms with Gasteiger partial charge < -0.3 is 5.11 Å². The molecule has 1 amide bonds. The number of nitrogens with zero attached hydrogens (tertiary/aromatic N) is 2. The highest BCUT2D eigenvalue weighted by Gasteiger charge is 2.28. The average Bonchev–Trinajstić information content (AvgIpc) is 2.91. The fraction of sp³-hybridized carbons (Fsp3) is 0.0714. The average molecular weight is 500 g/mol. The molecule has 0 aliphatic rings. The summed E-state index contributed by atoms with van der Waals surface area (Å²) in [6, 6.07) is 30.4. The highest BCUT2D eigenvalue weighted by atomic mass is 32.2. The van der Waals surface area contributed by atoms with Crippen LogP contribution in [-0.4, -0.2) is 25.1 Å². The molecular weight excluding hydrogens is 474 g/mol. The lowest BCUT2D eigenvalue weighted by molar-refractivity contribution is 0.0955. The fourth-order valence-corrected chi connectivity index (χ4v) is 5.18. The summed E-state index contributed by atoms with van der Waals surface area (Å²) in [4.78, 5) is 13.3. The molecule has 0 aliphatic carbocycles. The van der Waals surface area contributed by atoms with E-state index >= 15 is 0 Å². The summed E-state index contributed by atoms with van der Waals surface area (Å²) >= 11 is 0. The molecule has 7 nitrogen and oxygen atoms in total. The van der Waals surface area contributed by atoms with Crippen LogP contribution in [0.2, 0.25) is 0 Å². The molecule has 8 heteroatoms. The van der Waals surface area contributed by atoms with Gasteiger partial charge in [0.25, 0.3) is 15.9 Å². The highest BCUT2D eigenvalue weighted by molar-refractivity contribution is 7.92. The lowest BCUT2D eigenvalue weighted by Crippen LogP contribution is -2.33. The second-order valence-corrected chi connectivity index (χ2v) is 9.85. The van der Waals surface area contributed by atoms with Crippen molar-refractivity contribution in [1.82, 2.24) is 5.43 Å². The number of benzene rings is 4. The Labute approximate surface area is 210 Å². The largest absolute Gasteiger partial charge is 0.507 e. The van der Waals surface area contributed by atoms with Crippen LogP contribution in [-0.2, 0) is 16.6 Å². The maximum Gasteiger partial charge on any atom is 0.273 e. The van der Waals surface area contributed by atoms with E-state index in [0.717, 1.165) is 5.56 Å². The molecule has 182 valence electrons. The van der Waals surface area contributed by atoms with Crippen LogP contribution in [0.25, 0.3) is 0 Å². The van der Waals surface area contributed by atoms with Gasteiger partial charge in [-0.3, -0.25) is 9.10 Å². The molecule has 0 atom stereocenters. The number of rotatable bonds is 8. The van der Waals surface area contributed by atoms with Crippen LogP contribution in [0, 0.1) is 0 Å². The third kappa shape index (κ3) is 5.45. The van der Waals surface area contributed by atoms with Gasteiger partial charge in [-0.15, -0.1) is 0 Å². The van der Waals surface area contributed by atoms with Gasteiger partial charge in [0.2, 0.25) is 0 Å². The van der Waals surface area contributed by atoms with Crippen LogP contribution in [0.1, 0.15) is 28.4 Å². The Bertz CT molecular complexity index is 1490. The molecule has 0 bridgehead atoms. The van der Waals surface area contributed by atoms with E-state index in [-0.39, 0.29) is 28.4 Å². The minimum atomic E-state index is -4.00. The summed E-state index contributed by atoms with van der Waals surface area (Å²) in [5, 5.41) is 14.2. The Morgan fingerprint density at radius 3 is 2.03 bits per heavy atom. The third-order valence-electron chi connectivity index (χ3n) is 5.54. The summed E-state index contributed by atoms with van der Waals surface area (Å²) in [6.45, 7) is 1.69. The molecular formula is C28H25N3O4S. The van der Waals surface area contributed by atoms with Gasteiger partial charge in [-0.2, -0.15) is 5.10 Å². The van der Waals surface area contributed by atoms with Gasteiger partial charge in [0.15, 0.2) is 0 Å². The van der Waals surface area contributed by atoms with E-state index in [0.29, 0.717) is 11.3 Å². The van der Waals surface area contributed by atoms with E-state index in [1.165, 1.54) is 22.5 Å². The van der Waals surface area contributed by atoms with Crippen LogP contribution in [0.15, 0.2) is 119 Å². The fourth-order valence-electron chi connectivity index (χ4n) is 3.69. The first-order chi connectivity index (χ1) is 17.4. The Morgan fingerprint density at radius 2 is 1.36 bits per heavy atom. The number of anilines is 1. The number of nitrogens with one attached hydrogen (secondary N) is 1. The maximum absolute atomic E-state index is 13.7. The maximum atomic E-state index is 13.7. The molecule has 36 heavy (non-hydrogen) atoms. The zero-order valence-corrected chi connectivity index (χ0v) is 20.4. The summed E-state index contributed by atoms with van der Waals surface area (Å²) in [5.41, 5.74) is 4.49. The van der Waals surface area contributed by atoms with Crippen molar-refractivity contribution in [3.63, 3.8) is 0 Å². The smallest absolute Gasteiger partial charge is 0.273 e. The van der Waals surface area contributed by atoms with Crippen molar-refractivity contribution < 1.29 is 18.3 Å². The number of amides is 1. The van der Waals surface area contributed by atoms with Gasteiger partial charge >= 0.3 is 0 Å². The minimum Gasteiger partial charge on any atom is -0.507 e. The van der Waals surface area contributed by atoms with Gasteiger partial charge in [0.05, 0.1) is 28.4 Å². The molecule has 0 saturated carbocycles. The van der Waals surface area contributed by atoms with Crippen LogP contribution >= 0.6 is 0 Å². The van der Waals surface area contributed by atoms with E-state index in [2.05, 4.69) is 10.5 Å². The summed E-state index contributed by atoms with van der Waals surface area (Å²) in [6.07, 6.45) is 0. The molecule has 0 saturated heterocycles. The number of aromatic hydroxyl groups is 1. The lowest BCUT2D eigenvalue weighted by Gasteiger charge is -2.26. The number of carbonyl (C=O) groups is 1. The predicted octanol–water partition coefficient (Wildman–Crippen LogP) is 4.94. The molecule has 0 spiro atoms. The van der Waals surface area contributed by atoms with E-state index < -0.39 is 15.9 Å². The first kappa shape index (κ1) is 24.7. The second kappa shape index (κ2) is 10.9. The van der Waals surface area contributed by atoms with Crippen molar-refractivity contribution >= 4 is 27.3 Å². The van der Waals surface area contributed by atoms with Gasteiger partial charge in [0, 0.05) is 5.56 Å². The zero-order chi connectivity index (χ0) is 25.5. The summed E-state index contributed by atoms with van der Waals surface area (Å²) in [7, 11) is -4.00. The Kier molecular flexibility index (Phi) is 7.46. The predicted molar refractivity (Wildman–Crippen MR) is 140 cm³/mol. The van der Waals surface area contributed by atoms with Crippen molar-refractivity contribution in [2.24, 2.45) is 5.10 Å². The summed E-state index contributed by atoms with van der Waals surface area (Å²) in [5.74, 6) is -0.543. The van der Waals surface area contributed by atoms with Crippen LogP contribution in [0.5, 0.6) is 5.75 Å². The molecule has 4 rings (SSSR count). The molecule has 0 fully saturated rings. The number of phenols is 1.